The summed E-state index contributed by atoms with van der Waals surface area (Å²) in [5.74, 6) is -0.876. The van der Waals surface area contributed by atoms with Gasteiger partial charge in [0, 0.05) is 42.6 Å². The minimum absolute atomic E-state index is 0.0826. The van der Waals surface area contributed by atoms with Crippen molar-refractivity contribution >= 4 is 51.3 Å². The molecule has 4 atom stereocenters. The van der Waals surface area contributed by atoms with Gasteiger partial charge in [0.25, 0.3) is 10.1 Å². The Labute approximate surface area is 268 Å². The maximum Gasteiger partial charge on any atom is 0.315 e. The van der Waals surface area contributed by atoms with Crippen LogP contribution in [-0.4, -0.2) is 78.1 Å². The molecule has 2 unspecified atom stereocenters. The summed E-state index contributed by atoms with van der Waals surface area (Å²) in [5.41, 5.74) is 3.62. The highest BCUT2D eigenvalue weighted by Crippen LogP contribution is 2.33. The number of aryl methyl sites for hydroxylation is 2. The second-order valence-electron chi connectivity index (χ2n) is 11.4. The summed E-state index contributed by atoms with van der Waals surface area (Å²) in [7, 11) is -4.84. The van der Waals surface area contributed by atoms with Crippen molar-refractivity contribution in [3.63, 3.8) is 0 Å². The number of benzene rings is 2. The van der Waals surface area contributed by atoms with E-state index in [0.717, 1.165) is 41.0 Å². The minimum atomic E-state index is -4.84. The molecule has 5 N–H and O–H groups in total. The molecule has 0 saturated carbocycles. The molecule has 4 rings (SSSR count). The third kappa shape index (κ3) is 9.44. The number of unbranched alkanes of at least 4 members (excludes halogenated alkanes) is 1. The van der Waals surface area contributed by atoms with E-state index in [0.29, 0.717) is 13.0 Å². The maximum atomic E-state index is 13.4. The van der Waals surface area contributed by atoms with Gasteiger partial charge >= 0.3 is 6.03 Å². The Balaban J connectivity index is 1.24. The Bertz CT molecular complexity index is 1500. The van der Waals surface area contributed by atoms with Crippen molar-refractivity contribution in [3.05, 3.63) is 65.2 Å². The van der Waals surface area contributed by atoms with Crippen molar-refractivity contribution < 1.29 is 32.1 Å². The van der Waals surface area contributed by atoms with Gasteiger partial charge in [0.2, 0.25) is 17.7 Å². The first kappa shape index (κ1) is 34.3. The molecule has 12 nitrogen and oxygen atoms in total. The number of rotatable bonds is 15. The van der Waals surface area contributed by atoms with Gasteiger partial charge in [-0.25, -0.2) is 4.79 Å². The number of para-hydroxylation sites is 1. The van der Waals surface area contributed by atoms with Crippen LogP contribution in [0.2, 0.25) is 0 Å². The smallest absolute Gasteiger partial charge is 0.315 e. The van der Waals surface area contributed by atoms with Crippen LogP contribution in [0.4, 0.5) is 10.5 Å². The first-order valence-electron chi connectivity index (χ1n) is 15.0. The zero-order chi connectivity index (χ0) is 32.6. The molecule has 2 heterocycles. The van der Waals surface area contributed by atoms with Crippen molar-refractivity contribution in [2.24, 2.45) is 0 Å². The molecule has 14 heteroatoms. The molecular weight excluding hydrogens is 619 g/mol. The summed E-state index contributed by atoms with van der Waals surface area (Å²) >= 11 is 1.78. The topological polar surface area (TPSA) is 174 Å². The van der Waals surface area contributed by atoms with Crippen LogP contribution in [0.15, 0.2) is 48.5 Å². The fourth-order valence-corrected chi connectivity index (χ4v) is 7.77. The van der Waals surface area contributed by atoms with Crippen LogP contribution in [0, 0.1) is 13.8 Å². The number of carbonyl (C=O) groups excluding carboxylic acids is 4. The molecule has 0 spiro atoms. The van der Waals surface area contributed by atoms with E-state index in [4.69, 9.17) is 0 Å². The Morgan fingerprint density at radius 3 is 2.42 bits per heavy atom. The molecule has 0 aliphatic carbocycles. The van der Waals surface area contributed by atoms with Crippen LogP contribution in [-0.2, 0) is 31.0 Å². The number of fused-ring (bicyclic) bond motifs is 1. The van der Waals surface area contributed by atoms with Crippen molar-refractivity contribution in [2.75, 3.05) is 23.7 Å². The molecule has 5 amide bonds. The average molecular weight is 660 g/mol. The summed E-state index contributed by atoms with van der Waals surface area (Å²) in [6.45, 7) is 3.42. The molecule has 2 fully saturated rings. The normalized spacial score (nSPS) is 19.6. The van der Waals surface area contributed by atoms with Gasteiger partial charge in [-0.2, -0.15) is 20.2 Å². The minimum Gasteiger partial charge on any atom is -0.354 e. The molecule has 0 radical (unpaired) electrons. The lowest BCUT2D eigenvalue weighted by Gasteiger charge is -2.26. The number of urea groups is 1. The molecule has 0 aromatic heterocycles. The third-order valence-corrected chi connectivity index (χ3v) is 10.8. The molecular formula is C31H41N5O7S2. The number of anilines is 1. The highest BCUT2D eigenvalue weighted by atomic mass is 32.2. The summed E-state index contributed by atoms with van der Waals surface area (Å²) in [4.78, 5) is 51.7. The van der Waals surface area contributed by atoms with Gasteiger partial charge in [0.1, 0.15) is 0 Å². The second-order valence-corrected chi connectivity index (χ2v) is 14.3. The second kappa shape index (κ2) is 15.6. The average Bonchev–Trinajstić information content (AvgIpc) is 3.53. The van der Waals surface area contributed by atoms with Crippen molar-refractivity contribution in [1.29, 1.82) is 0 Å². The fourth-order valence-electron chi connectivity index (χ4n) is 5.58. The highest BCUT2D eigenvalue weighted by Gasteiger charge is 2.42. The van der Waals surface area contributed by atoms with E-state index < -0.39 is 33.7 Å². The van der Waals surface area contributed by atoms with Crippen LogP contribution in [0.25, 0.3) is 0 Å². The van der Waals surface area contributed by atoms with Gasteiger partial charge in [-0.3, -0.25) is 18.9 Å². The van der Waals surface area contributed by atoms with E-state index in [1.807, 2.05) is 62.4 Å². The molecule has 2 aliphatic rings. The number of nitrogens with zero attached hydrogens (tertiary/aromatic N) is 1. The van der Waals surface area contributed by atoms with Gasteiger partial charge < -0.3 is 26.2 Å². The summed E-state index contributed by atoms with van der Waals surface area (Å²) in [6, 6.07) is 15.2. The number of nitrogens with one attached hydrogen (secondary N) is 4. The molecule has 2 saturated heterocycles. The van der Waals surface area contributed by atoms with Crippen LogP contribution in [0.5, 0.6) is 0 Å². The lowest BCUT2D eigenvalue weighted by Crippen LogP contribution is -2.47. The van der Waals surface area contributed by atoms with E-state index in [2.05, 4.69) is 21.3 Å². The maximum absolute atomic E-state index is 13.4. The Morgan fingerprint density at radius 2 is 1.71 bits per heavy atom. The monoisotopic (exact) mass is 659 g/mol. The van der Waals surface area contributed by atoms with Gasteiger partial charge in [-0.05, 0) is 49.4 Å². The van der Waals surface area contributed by atoms with E-state index in [1.54, 1.807) is 16.7 Å². The summed E-state index contributed by atoms with van der Waals surface area (Å²) in [6.07, 6.45) is 2.12. The van der Waals surface area contributed by atoms with E-state index in [1.165, 1.54) is 0 Å². The van der Waals surface area contributed by atoms with Crippen molar-refractivity contribution in [2.45, 2.75) is 75.1 Å². The molecule has 2 aromatic rings. The number of carbonyl (C=O) groups is 4. The quantitative estimate of drug-likeness (QED) is 0.110. The van der Waals surface area contributed by atoms with Gasteiger partial charge in [-0.1, -0.05) is 48.9 Å². The van der Waals surface area contributed by atoms with E-state index in [-0.39, 0.29) is 48.7 Å². The predicted molar refractivity (Wildman–Crippen MR) is 173 cm³/mol. The highest BCUT2D eigenvalue weighted by molar-refractivity contribution is 8.00. The largest absolute Gasteiger partial charge is 0.354 e. The fraction of sp³-hybridized carbons (Fsp3) is 0.484. The summed E-state index contributed by atoms with van der Waals surface area (Å²) in [5, 5.41) is 9.03. The van der Waals surface area contributed by atoms with Crippen LogP contribution in [0.1, 0.15) is 48.8 Å². The van der Waals surface area contributed by atoms with Crippen LogP contribution in [0.3, 0.4) is 0 Å². The Kier molecular flexibility index (Phi) is 11.9. The SMILES string of the molecule is Cc1ccccc1CN(C(=O)CCNC(=O)C(CNC(=O)CCCC[C@@H]1SCC2NC(=O)N[C@@H]21)S(=O)(=O)O)c1ccccc1C. The van der Waals surface area contributed by atoms with Gasteiger partial charge in [0.05, 0.1) is 18.6 Å². The van der Waals surface area contributed by atoms with Crippen LogP contribution < -0.4 is 26.2 Å². The van der Waals surface area contributed by atoms with E-state index >= 15 is 0 Å². The number of hydrogen-bond acceptors (Lipinski definition) is 7. The lowest BCUT2D eigenvalue weighted by atomic mass is 10.0. The van der Waals surface area contributed by atoms with Crippen molar-refractivity contribution in [3.8, 4) is 0 Å². The summed E-state index contributed by atoms with van der Waals surface area (Å²) < 4.78 is 33.7. The van der Waals surface area contributed by atoms with Gasteiger partial charge in [0.15, 0.2) is 5.25 Å². The number of thioether (sulfide) groups is 1. The first-order chi connectivity index (χ1) is 21.4. The number of amides is 5. The molecule has 45 heavy (non-hydrogen) atoms. The van der Waals surface area contributed by atoms with Gasteiger partial charge in [-0.15, -0.1) is 0 Å². The van der Waals surface area contributed by atoms with Crippen LogP contribution >= 0.6 is 11.8 Å². The number of hydrogen-bond donors (Lipinski definition) is 5. The van der Waals surface area contributed by atoms with Crippen molar-refractivity contribution in [1.82, 2.24) is 21.3 Å². The molecule has 2 aromatic carbocycles. The predicted octanol–water partition coefficient (Wildman–Crippen LogP) is 2.44. The zero-order valence-corrected chi connectivity index (χ0v) is 27.1. The standard InChI is InChI=1S/C31H41N5O7S2/c1-20-9-3-5-11-22(20)18-36(24-12-6-4-10-21(24)2)28(38)15-16-32-30(39)26(45(41,42)43)17-33-27(37)14-8-7-13-25-29-23(19-44-25)34-31(40)35-29/h3-6,9-12,23,25-26,29H,7-8,13-19H2,1-2H3,(H,32,39)(H,33,37)(H2,34,35,40)(H,41,42,43)/t23?,25-,26?,29-/m0/s1. The Hall–Kier alpha value is -3.62. The van der Waals surface area contributed by atoms with E-state index in [9.17, 15) is 32.1 Å². The molecule has 2 aliphatic heterocycles. The lowest BCUT2D eigenvalue weighted by molar-refractivity contribution is -0.122. The zero-order valence-electron chi connectivity index (χ0n) is 25.5. The molecule has 244 valence electrons. The molecule has 0 bridgehead atoms. The first-order valence-corrected chi connectivity index (χ1v) is 17.6. The third-order valence-electron chi connectivity index (χ3n) is 8.15. The Morgan fingerprint density at radius 1 is 1.00 bits per heavy atom.